The predicted molar refractivity (Wildman–Crippen MR) is 131 cm³/mol. The molecule has 0 radical (unpaired) electrons. The number of fused-ring (bicyclic) bond motifs is 1. The van der Waals surface area contributed by atoms with E-state index in [0.29, 0.717) is 29.5 Å². The topological polar surface area (TPSA) is 93.8 Å². The number of para-hydroxylation sites is 1. The normalized spacial score (nSPS) is 11.2. The first-order valence-electron chi connectivity index (χ1n) is 11.2. The monoisotopic (exact) mass is 460 g/mol. The average Bonchev–Trinajstić information content (AvgIpc) is 3.13. The van der Waals surface area contributed by atoms with Crippen LogP contribution in [0.1, 0.15) is 31.7 Å². The summed E-state index contributed by atoms with van der Waals surface area (Å²) < 4.78 is 12.4. The number of ether oxygens (including phenoxy) is 2. The molecule has 0 amide bonds. The van der Waals surface area contributed by atoms with E-state index in [0.717, 1.165) is 40.8 Å². The maximum absolute atomic E-state index is 11.0. The van der Waals surface area contributed by atoms with Crippen LogP contribution in [-0.2, 0) is 13.0 Å². The van der Waals surface area contributed by atoms with E-state index in [9.17, 15) is 9.90 Å². The summed E-state index contributed by atoms with van der Waals surface area (Å²) in [5.41, 5.74) is 4.27. The van der Waals surface area contributed by atoms with E-state index >= 15 is 0 Å². The van der Waals surface area contributed by atoms with Crippen molar-refractivity contribution in [1.29, 1.82) is 0 Å². The SMILES string of the molecule is COc1cc2c(cc1O)nc(CCC(C)C)n2Cc1ccc(-c2ccccc2OC(=O)O)cc1. The Kier molecular flexibility index (Phi) is 6.72. The van der Waals surface area contributed by atoms with Gasteiger partial charge in [0.15, 0.2) is 11.5 Å². The molecule has 4 rings (SSSR count). The summed E-state index contributed by atoms with van der Waals surface area (Å²) in [6.07, 6.45) is 0.491. The third-order valence-electron chi connectivity index (χ3n) is 5.76. The van der Waals surface area contributed by atoms with Crippen LogP contribution in [0.4, 0.5) is 4.79 Å². The van der Waals surface area contributed by atoms with Crippen molar-refractivity contribution in [3.63, 3.8) is 0 Å². The second kappa shape index (κ2) is 9.87. The van der Waals surface area contributed by atoms with Crippen LogP contribution in [0.5, 0.6) is 17.2 Å². The van der Waals surface area contributed by atoms with Gasteiger partial charge in [0.2, 0.25) is 0 Å². The van der Waals surface area contributed by atoms with Crippen LogP contribution < -0.4 is 9.47 Å². The Labute approximate surface area is 198 Å². The van der Waals surface area contributed by atoms with Gasteiger partial charge in [0, 0.05) is 30.7 Å². The molecule has 1 heterocycles. The minimum absolute atomic E-state index is 0.0710. The molecule has 0 saturated carbocycles. The van der Waals surface area contributed by atoms with Gasteiger partial charge < -0.3 is 24.3 Å². The van der Waals surface area contributed by atoms with Crippen molar-refractivity contribution >= 4 is 17.2 Å². The standard InChI is InChI=1S/C27H28N2O5/c1-17(2)8-13-26-28-21-14-23(30)25(33-3)15-22(21)29(26)16-18-9-11-19(12-10-18)20-6-4-5-7-24(20)34-27(31)32/h4-7,9-12,14-15,17,30H,8,13,16H2,1-3H3,(H,31,32). The number of rotatable bonds is 8. The quantitative estimate of drug-likeness (QED) is 0.243. The average molecular weight is 461 g/mol. The van der Waals surface area contributed by atoms with Crippen molar-refractivity contribution in [2.45, 2.75) is 33.2 Å². The number of methoxy groups -OCH3 is 1. The molecule has 1 aromatic heterocycles. The lowest BCUT2D eigenvalue weighted by atomic mass is 10.0. The fraction of sp³-hybridized carbons (Fsp3) is 0.259. The van der Waals surface area contributed by atoms with Gasteiger partial charge in [-0.3, -0.25) is 0 Å². The first-order chi connectivity index (χ1) is 16.4. The molecule has 0 bridgehead atoms. The summed E-state index contributed by atoms with van der Waals surface area (Å²) in [7, 11) is 1.53. The zero-order valence-electron chi connectivity index (χ0n) is 19.5. The Morgan fingerprint density at radius 1 is 1.06 bits per heavy atom. The number of hydrogen-bond acceptors (Lipinski definition) is 5. The maximum Gasteiger partial charge on any atom is 0.511 e. The third-order valence-corrected chi connectivity index (χ3v) is 5.76. The van der Waals surface area contributed by atoms with Gasteiger partial charge in [-0.2, -0.15) is 0 Å². The molecule has 0 unspecified atom stereocenters. The number of imidazole rings is 1. The molecule has 0 atom stereocenters. The molecule has 176 valence electrons. The van der Waals surface area contributed by atoms with E-state index in [1.165, 1.54) is 7.11 Å². The Morgan fingerprint density at radius 3 is 2.47 bits per heavy atom. The van der Waals surface area contributed by atoms with Gasteiger partial charge in [0.05, 0.1) is 18.1 Å². The molecule has 3 aromatic carbocycles. The number of aromatic nitrogens is 2. The zero-order chi connectivity index (χ0) is 24.2. The summed E-state index contributed by atoms with van der Waals surface area (Å²) in [4.78, 5) is 15.8. The molecule has 0 saturated heterocycles. The van der Waals surface area contributed by atoms with E-state index < -0.39 is 6.16 Å². The molecule has 0 aliphatic carbocycles. The van der Waals surface area contributed by atoms with Crippen molar-refractivity contribution in [2.24, 2.45) is 5.92 Å². The Hall–Kier alpha value is -4.00. The number of aryl methyl sites for hydroxylation is 1. The fourth-order valence-electron chi connectivity index (χ4n) is 4.00. The zero-order valence-corrected chi connectivity index (χ0v) is 19.5. The third kappa shape index (κ3) is 4.98. The van der Waals surface area contributed by atoms with Crippen LogP contribution in [0.25, 0.3) is 22.2 Å². The number of phenols is 1. The van der Waals surface area contributed by atoms with Gasteiger partial charge in [-0.15, -0.1) is 0 Å². The van der Waals surface area contributed by atoms with Gasteiger partial charge in [0.25, 0.3) is 0 Å². The Bertz CT molecular complexity index is 1310. The molecule has 7 nitrogen and oxygen atoms in total. The molecular formula is C27H28N2O5. The van der Waals surface area contributed by atoms with Gasteiger partial charge >= 0.3 is 6.16 Å². The maximum atomic E-state index is 11.0. The van der Waals surface area contributed by atoms with E-state index in [1.807, 2.05) is 42.5 Å². The van der Waals surface area contributed by atoms with E-state index in [2.05, 4.69) is 18.4 Å². The lowest BCUT2D eigenvalue weighted by molar-refractivity contribution is 0.144. The number of hydrogen-bond donors (Lipinski definition) is 2. The highest BCUT2D eigenvalue weighted by atomic mass is 16.7. The largest absolute Gasteiger partial charge is 0.511 e. The molecule has 34 heavy (non-hydrogen) atoms. The predicted octanol–water partition coefficient (Wildman–Crippen LogP) is 6.11. The van der Waals surface area contributed by atoms with E-state index in [-0.39, 0.29) is 5.75 Å². The number of aromatic hydroxyl groups is 1. The Balaban J connectivity index is 1.68. The summed E-state index contributed by atoms with van der Waals surface area (Å²) in [6.45, 7) is 4.98. The van der Waals surface area contributed by atoms with Gasteiger partial charge in [-0.05, 0) is 29.5 Å². The minimum Gasteiger partial charge on any atom is -0.504 e. The van der Waals surface area contributed by atoms with Gasteiger partial charge in [-0.25, -0.2) is 9.78 Å². The molecule has 7 heteroatoms. The molecule has 2 N–H and O–H groups in total. The van der Waals surface area contributed by atoms with E-state index in [1.54, 1.807) is 18.2 Å². The summed E-state index contributed by atoms with van der Waals surface area (Å²) in [5.74, 6) is 2.28. The number of carbonyl (C=O) groups is 1. The second-order valence-corrected chi connectivity index (χ2v) is 8.62. The summed E-state index contributed by atoms with van der Waals surface area (Å²) in [6, 6.07) is 18.5. The number of phenolic OH excluding ortho intramolecular Hbond substituents is 1. The van der Waals surface area contributed by atoms with Crippen molar-refractivity contribution in [1.82, 2.24) is 9.55 Å². The smallest absolute Gasteiger partial charge is 0.504 e. The first-order valence-corrected chi connectivity index (χ1v) is 11.2. The van der Waals surface area contributed by atoms with Gasteiger partial charge in [-0.1, -0.05) is 56.3 Å². The highest BCUT2D eigenvalue weighted by Crippen LogP contribution is 2.33. The second-order valence-electron chi connectivity index (χ2n) is 8.62. The lowest BCUT2D eigenvalue weighted by Gasteiger charge is -2.13. The van der Waals surface area contributed by atoms with Crippen LogP contribution >= 0.6 is 0 Å². The summed E-state index contributed by atoms with van der Waals surface area (Å²) in [5, 5.41) is 19.2. The van der Waals surface area contributed by atoms with E-state index in [4.69, 9.17) is 19.6 Å². The van der Waals surface area contributed by atoms with Crippen molar-refractivity contribution in [2.75, 3.05) is 7.11 Å². The first kappa shape index (κ1) is 23.2. The lowest BCUT2D eigenvalue weighted by Crippen LogP contribution is -2.07. The van der Waals surface area contributed by atoms with Crippen molar-refractivity contribution < 1.29 is 24.5 Å². The van der Waals surface area contributed by atoms with Crippen molar-refractivity contribution in [3.8, 4) is 28.4 Å². The minimum atomic E-state index is -1.34. The van der Waals surface area contributed by atoms with Crippen LogP contribution in [-0.4, -0.2) is 33.0 Å². The molecule has 0 fully saturated rings. The van der Waals surface area contributed by atoms with Gasteiger partial charge in [0.1, 0.15) is 11.6 Å². The molecule has 0 spiro atoms. The van der Waals surface area contributed by atoms with Crippen molar-refractivity contribution in [3.05, 3.63) is 72.1 Å². The Morgan fingerprint density at radius 2 is 1.79 bits per heavy atom. The molecular weight excluding hydrogens is 432 g/mol. The number of benzene rings is 3. The number of nitrogens with zero attached hydrogens (tertiary/aromatic N) is 2. The molecule has 0 aliphatic rings. The molecule has 4 aromatic rings. The highest BCUT2D eigenvalue weighted by molar-refractivity contribution is 5.81. The van der Waals surface area contributed by atoms with Crippen LogP contribution in [0.3, 0.4) is 0 Å². The van der Waals surface area contributed by atoms with Crippen LogP contribution in [0, 0.1) is 5.92 Å². The summed E-state index contributed by atoms with van der Waals surface area (Å²) >= 11 is 0. The highest BCUT2D eigenvalue weighted by Gasteiger charge is 2.16. The molecule has 0 aliphatic heterocycles. The van der Waals surface area contributed by atoms with Crippen LogP contribution in [0.2, 0.25) is 0 Å². The van der Waals surface area contributed by atoms with Crippen LogP contribution in [0.15, 0.2) is 60.7 Å². The fourth-order valence-corrected chi connectivity index (χ4v) is 4.00. The number of carboxylic acid groups (broad SMARTS) is 1.